The number of nitrogens with zero attached hydrogens (tertiary/aromatic N) is 5. The molecular weight excluding hydrogens is 388 g/mol. The maximum atomic E-state index is 12.6. The lowest BCUT2D eigenvalue weighted by molar-refractivity contribution is -0.131. The quantitative estimate of drug-likeness (QED) is 0.618. The van der Waals surface area contributed by atoms with Crippen molar-refractivity contribution in [2.45, 2.75) is 33.6 Å². The molecule has 1 N–H and O–H groups in total. The molecule has 0 unspecified atom stereocenters. The highest BCUT2D eigenvalue weighted by Crippen LogP contribution is 2.23. The second kappa shape index (κ2) is 9.29. The van der Waals surface area contributed by atoms with Crippen molar-refractivity contribution < 1.29 is 4.79 Å². The van der Waals surface area contributed by atoms with Gasteiger partial charge >= 0.3 is 0 Å². The molecule has 2 aromatic heterocycles. The van der Waals surface area contributed by atoms with E-state index in [9.17, 15) is 4.79 Å². The molecular formula is C24H30N6O. The first kappa shape index (κ1) is 21.0. The summed E-state index contributed by atoms with van der Waals surface area (Å²) in [7, 11) is 0. The number of aryl methyl sites for hydroxylation is 3. The number of amides is 1. The Morgan fingerprint density at radius 3 is 2.42 bits per heavy atom. The number of benzene rings is 1. The number of carbonyl (C=O) groups excluding carboxylic acids is 1. The number of nitrogens with one attached hydrogen (secondary N) is 1. The number of rotatable bonds is 6. The smallest absolute Gasteiger partial charge is 0.223 e. The standard InChI is InChI=1S/C24H30N6O/c1-17-15-22(28-21-8-5-4-7-20(17)21)29-11-13-30(14-12-29)23(31)9-6-10-25-24-26-18(2)16-19(3)27-24/h4-5,7-8,15-16H,6,9-14H2,1-3H3,(H,25,26,27). The molecule has 1 saturated heterocycles. The van der Waals surface area contributed by atoms with Gasteiger partial charge in [0.05, 0.1) is 5.52 Å². The van der Waals surface area contributed by atoms with Crippen molar-refractivity contribution in [2.24, 2.45) is 0 Å². The van der Waals surface area contributed by atoms with E-state index in [0.717, 1.165) is 55.3 Å². The summed E-state index contributed by atoms with van der Waals surface area (Å²) in [6, 6.07) is 12.3. The SMILES string of the molecule is Cc1cc(C)nc(NCCCC(=O)N2CCN(c3cc(C)c4ccccc4n3)CC2)n1. The molecule has 0 saturated carbocycles. The summed E-state index contributed by atoms with van der Waals surface area (Å²) in [6.45, 7) is 9.82. The molecule has 3 aromatic rings. The van der Waals surface area contributed by atoms with Crippen LogP contribution in [0.1, 0.15) is 29.8 Å². The Balaban J connectivity index is 1.25. The molecule has 31 heavy (non-hydrogen) atoms. The first-order valence-corrected chi connectivity index (χ1v) is 10.9. The lowest BCUT2D eigenvalue weighted by Gasteiger charge is -2.35. The minimum atomic E-state index is 0.213. The van der Waals surface area contributed by atoms with Crippen LogP contribution in [0.5, 0.6) is 0 Å². The molecule has 162 valence electrons. The van der Waals surface area contributed by atoms with E-state index < -0.39 is 0 Å². The largest absolute Gasteiger partial charge is 0.354 e. The number of pyridine rings is 1. The molecule has 1 fully saturated rings. The Kier molecular flexibility index (Phi) is 6.30. The van der Waals surface area contributed by atoms with Gasteiger partial charge in [-0.25, -0.2) is 15.0 Å². The predicted molar refractivity (Wildman–Crippen MR) is 125 cm³/mol. The van der Waals surface area contributed by atoms with Crippen LogP contribution in [0.25, 0.3) is 10.9 Å². The first-order valence-electron chi connectivity index (χ1n) is 10.9. The topological polar surface area (TPSA) is 74.2 Å². The summed E-state index contributed by atoms with van der Waals surface area (Å²) >= 11 is 0. The Morgan fingerprint density at radius 1 is 0.968 bits per heavy atom. The average Bonchev–Trinajstić information content (AvgIpc) is 2.76. The Hall–Kier alpha value is -3.22. The summed E-state index contributed by atoms with van der Waals surface area (Å²) < 4.78 is 0. The molecule has 1 aliphatic heterocycles. The molecule has 0 radical (unpaired) electrons. The van der Waals surface area contributed by atoms with Crippen molar-refractivity contribution in [2.75, 3.05) is 42.9 Å². The van der Waals surface area contributed by atoms with Gasteiger partial charge in [0.25, 0.3) is 0 Å². The number of piperazine rings is 1. The Bertz CT molecular complexity index is 1050. The van der Waals surface area contributed by atoms with Gasteiger partial charge in [-0.15, -0.1) is 0 Å². The van der Waals surface area contributed by atoms with Gasteiger partial charge in [-0.05, 0) is 51.0 Å². The van der Waals surface area contributed by atoms with Gasteiger partial charge in [0.15, 0.2) is 0 Å². The van der Waals surface area contributed by atoms with Gasteiger partial charge in [0, 0.05) is 55.9 Å². The maximum absolute atomic E-state index is 12.6. The van der Waals surface area contributed by atoms with Crippen molar-refractivity contribution in [1.82, 2.24) is 19.9 Å². The van der Waals surface area contributed by atoms with Gasteiger partial charge in [0.1, 0.15) is 5.82 Å². The van der Waals surface area contributed by atoms with Crippen LogP contribution in [0, 0.1) is 20.8 Å². The second-order valence-corrected chi connectivity index (χ2v) is 8.19. The van der Waals surface area contributed by atoms with Crippen LogP contribution in [0.4, 0.5) is 11.8 Å². The molecule has 1 aromatic carbocycles. The lowest BCUT2D eigenvalue weighted by atomic mass is 10.1. The highest BCUT2D eigenvalue weighted by Gasteiger charge is 2.22. The highest BCUT2D eigenvalue weighted by atomic mass is 16.2. The number of fused-ring (bicyclic) bond motifs is 1. The molecule has 7 heteroatoms. The minimum absolute atomic E-state index is 0.213. The summed E-state index contributed by atoms with van der Waals surface area (Å²) in [5.74, 6) is 1.85. The predicted octanol–water partition coefficient (Wildman–Crippen LogP) is 3.49. The molecule has 1 aliphatic rings. The van der Waals surface area contributed by atoms with Crippen molar-refractivity contribution in [3.63, 3.8) is 0 Å². The van der Waals surface area contributed by atoms with Gasteiger partial charge in [0.2, 0.25) is 11.9 Å². The number of hydrogen-bond donors (Lipinski definition) is 1. The van der Waals surface area contributed by atoms with E-state index >= 15 is 0 Å². The molecule has 0 aliphatic carbocycles. The van der Waals surface area contributed by atoms with E-state index in [1.54, 1.807) is 0 Å². The van der Waals surface area contributed by atoms with E-state index in [2.05, 4.69) is 45.3 Å². The lowest BCUT2D eigenvalue weighted by Crippen LogP contribution is -2.49. The molecule has 7 nitrogen and oxygen atoms in total. The number of aromatic nitrogens is 3. The molecule has 4 rings (SSSR count). The Morgan fingerprint density at radius 2 is 1.68 bits per heavy atom. The van der Waals surface area contributed by atoms with Crippen LogP contribution in [0.15, 0.2) is 36.4 Å². The van der Waals surface area contributed by atoms with E-state index in [1.807, 2.05) is 36.9 Å². The zero-order valence-corrected chi connectivity index (χ0v) is 18.6. The monoisotopic (exact) mass is 418 g/mol. The fourth-order valence-corrected chi connectivity index (χ4v) is 4.08. The molecule has 3 heterocycles. The van der Waals surface area contributed by atoms with Gasteiger partial charge < -0.3 is 15.1 Å². The number of para-hydroxylation sites is 1. The van der Waals surface area contributed by atoms with Crippen LogP contribution < -0.4 is 10.2 Å². The number of hydrogen-bond acceptors (Lipinski definition) is 6. The number of carbonyl (C=O) groups is 1. The third-order valence-electron chi connectivity index (χ3n) is 5.70. The zero-order chi connectivity index (χ0) is 21.8. The van der Waals surface area contributed by atoms with Gasteiger partial charge in [-0.3, -0.25) is 4.79 Å². The third-order valence-corrected chi connectivity index (χ3v) is 5.70. The average molecular weight is 419 g/mol. The maximum Gasteiger partial charge on any atom is 0.223 e. The summed E-state index contributed by atoms with van der Waals surface area (Å²) in [5.41, 5.74) is 4.15. The number of anilines is 2. The van der Waals surface area contributed by atoms with E-state index in [0.29, 0.717) is 18.9 Å². The van der Waals surface area contributed by atoms with Crippen molar-refractivity contribution in [3.05, 3.63) is 53.3 Å². The van der Waals surface area contributed by atoms with Gasteiger partial charge in [-0.2, -0.15) is 0 Å². The Labute approximate surface area is 183 Å². The summed E-state index contributed by atoms with van der Waals surface area (Å²) in [5, 5.41) is 4.42. The van der Waals surface area contributed by atoms with Crippen LogP contribution in [0.2, 0.25) is 0 Å². The fourth-order valence-electron chi connectivity index (χ4n) is 4.08. The third kappa shape index (κ3) is 5.10. The minimum Gasteiger partial charge on any atom is -0.354 e. The highest BCUT2D eigenvalue weighted by molar-refractivity contribution is 5.84. The van der Waals surface area contributed by atoms with Crippen LogP contribution >= 0.6 is 0 Å². The fraction of sp³-hybridized carbons (Fsp3) is 0.417. The molecule has 0 bridgehead atoms. The van der Waals surface area contributed by atoms with E-state index in [-0.39, 0.29) is 5.91 Å². The van der Waals surface area contributed by atoms with Crippen molar-refractivity contribution in [3.8, 4) is 0 Å². The summed E-state index contributed by atoms with van der Waals surface area (Å²) in [6.07, 6.45) is 1.30. The van der Waals surface area contributed by atoms with E-state index in [1.165, 1.54) is 10.9 Å². The van der Waals surface area contributed by atoms with Crippen LogP contribution in [0.3, 0.4) is 0 Å². The summed E-state index contributed by atoms with van der Waals surface area (Å²) in [4.78, 5) is 30.5. The molecule has 0 spiro atoms. The van der Waals surface area contributed by atoms with Crippen LogP contribution in [-0.4, -0.2) is 58.5 Å². The van der Waals surface area contributed by atoms with E-state index in [4.69, 9.17) is 4.98 Å². The van der Waals surface area contributed by atoms with Crippen molar-refractivity contribution >= 4 is 28.6 Å². The molecule has 0 atom stereocenters. The zero-order valence-electron chi connectivity index (χ0n) is 18.6. The molecule has 1 amide bonds. The normalized spacial score (nSPS) is 14.2. The van der Waals surface area contributed by atoms with Crippen LogP contribution in [-0.2, 0) is 4.79 Å². The second-order valence-electron chi connectivity index (χ2n) is 8.19. The first-order chi connectivity index (χ1) is 15.0. The van der Waals surface area contributed by atoms with Gasteiger partial charge in [-0.1, -0.05) is 18.2 Å². The van der Waals surface area contributed by atoms with Crippen molar-refractivity contribution in [1.29, 1.82) is 0 Å².